The van der Waals surface area contributed by atoms with Gasteiger partial charge in [0.2, 0.25) is 0 Å². The summed E-state index contributed by atoms with van der Waals surface area (Å²) in [5.41, 5.74) is 0.573. The molecule has 2 aromatic rings. The van der Waals surface area contributed by atoms with Crippen LogP contribution in [0.2, 0.25) is 0 Å². The largest absolute Gasteiger partial charge is 0.462 e. The van der Waals surface area contributed by atoms with E-state index in [1.165, 1.54) is 12.1 Å². The molecule has 1 aromatic heterocycles. The van der Waals surface area contributed by atoms with E-state index in [0.717, 1.165) is 6.08 Å². The fourth-order valence-corrected chi connectivity index (χ4v) is 2.97. The highest BCUT2D eigenvalue weighted by atomic mass is 32.2. The molecule has 1 amide bonds. The van der Waals surface area contributed by atoms with Gasteiger partial charge in [0.05, 0.1) is 4.90 Å². The standard InChI is InChI=1S/C15H15NO4S/c1-11-5-3-4-6-14(11)21(18,19)16-15(17)10-9-13-8-7-12(2)20-13/h3-10H,1-2H3,(H,16,17)/b10-9+. The van der Waals surface area contributed by atoms with Crippen LogP contribution in [0.1, 0.15) is 17.1 Å². The second kappa shape index (κ2) is 5.97. The molecule has 1 aromatic carbocycles. The summed E-state index contributed by atoms with van der Waals surface area (Å²) in [6.07, 6.45) is 2.53. The molecule has 5 nitrogen and oxygen atoms in total. The van der Waals surface area contributed by atoms with Crippen molar-refractivity contribution in [2.45, 2.75) is 18.7 Å². The molecule has 1 heterocycles. The van der Waals surface area contributed by atoms with E-state index in [1.807, 2.05) is 4.72 Å². The zero-order valence-electron chi connectivity index (χ0n) is 11.7. The fraction of sp³-hybridized carbons (Fsp3) is 0.133. The molecule has 6 heteroatoms. The summed E-state index contributed by atoms with van der Waals surface area (Å²) >= 11 is 0. The Morgan fingerprint density at radius 1 is 1.14 bits per heavy atom. The maximum absolute atomic E-state index is 12.1. The van der Waals surface area contributed by atoms with E-state index in [4.69, 9.17) is 4.42 Å². The van der Waals surface area contributed by atoms with Crippen LogP contribution < -0.4 is 4.72 Å². The summed E-state index contributed by atoms with van der Waals surface area (Å²) in [5.74, 6) is 0.464. The molecule has 0 aliphatic rings. The number of benzene rings is 1. The lowest BCUT2D eigenvalue weighted by atomic mass is 10.2. The van der Waals surface area contributed by atoms with Crippen molar-refractivity contribution in [3.63, 3.8) is 0 Å². The predicted octanol–water partition coefficient (Wildman–Crippen LogP) is 2.41. The SMILES string of the molecule is Cc1ccc(/C=C/C(=O)NS(=O)(=O)c2ccccc2C)o1. The van der Waals surface area contributed by atoms with Gasteiger partial charge in [-0.15, -0.1) is 0 Å². The van der Waals surface area contributed by atoms with Crippen LogP contribution in [0.5, 0.6) is 0 Å². The van der Waals surface area contributed by atoms with Crippen LogP contribution in [-0.4, -0.2) is 14.3 Å². The van der Waals surface area contributed by atoms with Crippen LogP contribution in [0.3, 0.4) is 0 Å². The van der Waals surface area contributed by atoms with Crippen LogP contribution in [0.15, 0.2) is 51.8 Å². The Hall–Kier alpha value is -2.34. The van der Waals surface area contributed by atoms with Gasteiger partial charge in [0, 0.05) is 6.08 Å². The normalized spacial score (nSPS) is 11.7. The van der Waals surface area contributed by atoms with Gasteiger partial charge in [0.1, 0.15) is 11.5 Å². The van der Waals surface area contributed by atoms with E-state index >= 15 is 0 Å². The average molecular weight is 305 g/mol. The zero-order chi connectivity index (χ0) is 15.5. The molecule has 0 aliphatic heterocycles. The third-order valence-corrected chi connectivity index (χ3v) is 4.29. The first-order valence-electron chi connectivity index (χ1n) is 6.25. The first kappa shape index (κ1) is 15.1. The molecular weight excluding hydrogens is 290 g/mol. The van der Waals surface area contributed by atoms with E-state index in [0.29, 0.717) is 17.1 Å². The van der Waals surface area contributed by atoms with E-state index in [-0.39, 0.29) is 4.90 Å². The van der Waals surface area contributed by atoms with Gasteiger partial charge in [-0.05, 0) is 43.7 Å². The first-order chi connectivity index (χ1) is 9.88. The molecule has 0 radical (unpaired) electrons. The average Bonchev–Trinajstić information content (AvgIpc) is 2.82. The monoisotopic (exact) mass is 305 g/mol. The quantitative estimate of drug-likeness (QED) is 0.880. The number of sulfonamides is 1. The van der Waals surface area contributed by atoms with Crippen LogP contribution in [0, 0.1) is 13.8 Å². The molecule has 2 rings (SSSR count). The Bertz CT molecular complexity index is 788. The molecule has 0 atom stereocenters. The number of amides is 1. The molecule has 0 bridgehead atoms. The van der Waals surface area contributed by atoms with E-state index < -0.39 is 15.9 Å². The third kappa shape index (κ3) is 3.82. The zero-order valence-corrected chi connectivity index (χ0v) is 12.5. The maximum atomic E-state index is 12.1. The minimum Gasteiger partial charge on any atom is -0.462 e. The smallest absolute Gasteiger partial charge is 0.264 e. The van der Waals surface area contributed by atoms with Gasteiger partial charge in [-0.3, -0.25) is 4.79 Å². The van der Waals surface area contributed by atoms with Gasteiger partial charge < -0.3 is 4.42 Å². The number of rotatable bonds is 4. The number of carbonyl (C=O) groups is 1. The highest BCUT2D eigenvalue weighted by Crippen LogP contribution is 2.14. The third-order valence-electron chi connectivity index (χ3n) is 2.78. The minimum absolute atomic E-state index is 0.0839. The molecule has 0 aliphatic carbocycles. The van der Waals surface area contributed by atoms with E-state index in [2.05, 4.69) is 0 Å². The summed E-state index contributed by atoms with van der Waals surface area (Å²) in [5, 5.41) is 0. The Balaban J connectivity index is 2.12. The van der Waals surface area contributed by atoms with Crippen LogP contribution in [0.4, 0.5) is 0 Å². The number of hydrogen-bond donors (Lipinski definition) is 1. The van der Waals surface area contributed by atoms with Crippen molar-refractivity contribution in [3.8, 4) is 0 Å². The van der Waals surface area contributed by atoms with Gasteiger partial charge in [-0.1, -0.05) is 18.2 Å². The van der Waals surface area contributed by atoms with Crippen LogP contribution in [-0.2, 0) is 14.8 Å². The topological polar surface area (TPSA) is 76.4 Å². The Morgan fingerprint density at radius 2 is 1.86 bits per heavy atom. The summed E-state index contributed by atoms with van der Waals surface area (Å²) in [6, 6.07) is 9.89. The second-order valence-electron chi connectivity index (χ2n) is 4.52. The summed E-state index contributed by atoms with van der Waals surface area (Å²) in [7, 11) is -3.87. The van der Waals surface area contributed by atoms with Gasteiger partial charge >= 0.3 is 0 Å². The lowest BCUT2D eigenvalue weighted by Crippen LogP contribution is -2.29. The number of carbonyl (C=O) groups excluding carboxylic acids is 1. The number of hydrogen-bond acceptors (Lipinski definition) is 4. The van der Waals surface area contributed by atoms with Gasteiger partial charge in [0.25, 0.3) is 15.9 Å². The molecule has 0 saturated heterocycles. The Labute approximate surface area is 123 Å². The number of nitrogens with one attached hydrogen (secondary N) is 1. The molecule has 21 heavy (non-hydrogen) atoms. The van der Waals surface area contributed by atoms with Crippen molar-refractivity contribution in [1.29, 1.82) is 0 Å². The number of furan rings is 1. The lowest BCUT2D eigenvalue weighted by molar-refractivity contribution is -0.114. The molecule has 1 N–H and O–H groups in total. The van der Waals surface area contributed by atoms with Crippen LogP contribution in [0.25, 0.3) is 6.08 Å². The maximum Gasteiger partial charge on any atom is 0.264 e. The fourth-order valence-electron chi connectivity index (χ4n) is 1.78. The van der Waals surface area contributed by atoms with Crippen molar-refractivity contribution in [1.82, 2.24) is 4.72 Å². The molecular formula is C15H15NO4S. The van der Waals surface area contributed by atoms with Crippen molar-refractivity contribution in [2.24, 2.45) is 0 Å². The summed E-state index contributed by atoms with van der Waals surface area (Å²) < 4.78 is 31.4. The van der Waals surface area contributed by atoms with Crippen LogP contribution >= 0.6 is 0 Å². The summed E-state index contributed by atoms with van der Waals surface area (Å²) in [4.78, 5) is 11.8. The van der Waals surface area contributed by atoms with Crippen molar-refractivity contribution in [2.75, 3.05) is 0 Å². The number of aryl methyl sites for hydroxylation is 2. The predicted molar refractivity (Wildman–Crippen MR) is 79.0 cm³/mol. The van der Waals surface area contributed by atoms with Crippen molar-refractivity contribution in [3.05, 3.63) is 59.6 Å². The Kier molecular flexibility index (Phi) is 4.28. The van der Waals surface area contributed by atoms with Crippen molar-refractivity contribution < 1.29 is 17.6 Å². The highest BCUT2D eigenvalue weighted by Gasteiger charge is 2.17. The molecule has 110 valence electrons. The van der Waals surface area contributed by atoms with Crippen molar-refractivity contribution >= 4 is 22.0 Å². The molecule has 0 spiro atoms. The molecule has 0 saturated carbocycles. The van der Waals surface area contributed by atoms with Gasteiger partial charge in [-0.25, -0.2) is 13.1 Å². The Morgan fingerprint density at radius 3 is 2.48 bits per heavy atom. The van der Waals surface area contributed by atoms with E-state index in [1.54, 1.807) is 44.2 Å². The first-order valence-corrected chi connectivity index (χ1v) is 7.74. The van der Waals surface area contributed by atoms with Gasteiger partial charge in [-0.2, -0.15) is 0 Å². The van der Waals surface area contributed by atoms with E-state index in [9.17, 15) is 13.2 Å². The minimum atomic E-state index is -3.87. The lowest BCUT2D eigenvalue weighted by Gasteiger charge is -2.07. The van der Waals surface area contributed by atoms with Gasteiger partial charge in [0.15, 0.2) is 0 Å². The molecule has 0 unspecified atom stereocenters. The summed E-state index contributed by atoms with van der Waals surface area (Å²) in [6.45, 7) is 3.44. The second-order valence-corrected chi connectivity index (χ2v) is 6.17. The molecule has 0 fully saturated rings. The highest BCUT2D eigenvalue weighted by molar-refractivity contribution is 7.90.